The van der Waals surface area contributed by atoms with E-state index >= 15 is 0 Å². The van der Waals surface area contributed by atoms with E-state index in [0.29, 0.717) is 23.3 Å². The summed E-state index contributed by atoms with van der Waals surface area (Å²) in [5.74, 6) is -1.38. The zero-order valence-corrected chi connectivity index (χ0v) is 17.6. The van der Waals surface area contributed by atoms with E-state index in [1.165, 1.54) is 21.3 Å². The lowest BCUT2D eigenvalue weighted by atomic mass is 9.66. The molecular formula is C22H27NO6. The Labute approximate surface area is 170 Å². The lowest BCUT2D eigenvalue weighted by molar-refractivity contribution is -0.136. The van der Waals surface area contributed by atoms with Crippen molar-refractivity contribution in [2.75, 3.05) is 21.3 Å². The molecular weight excluding hydrogens is 374 g/mol. The number of esters is 1. The first-order valence-electron chi connectivity index (χ1n) is 9.40. The van der Waals surface area contributed by atoms with E-state index < -0.39 is 17.8 Å². The van der Waals surface area contributed by atoms with Gasteiger partial charge in [0.2, 0.25) is 5.75 Å². The molecule has 1 aromatic carbocycles. The van der Waals surface area contributed by atoms with Crippen LogP contribution >= 0.6 is 0 Å². The van der Waals surface area contributed by atoms with E-state index in [-0.39, 0.29) is 28.4 Å². The highest BCUT2D eigenvalue weighted by molar-refractivity contribution is 5.96. The first-order chi connectivity index (χ1) is 13.6. The van der Waals surface area contributed by atoms with Crippen LogP contribution in [0, 0.1) is 11.3 Å². The molecule has 0 spiro atoms. The van der Waals surface area contributed by atoms with Crippen LogP contribution in [0.25, 0.3) is 0 Å². The van der Waals surface area contributed by atoms with Crippen LogP contribution in [-0.4, -0.2) is 38.2 Å². The molecule has 7 nitrogen and oxygen atoms in total. The Kier molecular flexibility index (Phi) is 5.34. The fraction of sp³-hybridized carbons (Fsp3) is 0.455. The number of hydrogen-bond acceptors (Lipinski definition) is 7. The highest BCUT2D eigenvalue weighted by Crippen LogP contribution is 2.49. The highest BCUT2D eigenvalue weighted by atomic mass is 16.5. The van der Waals surface area contributed by atoms with E-state index in [4.69, 9.17) is 14.2 Å². The molecule has 1 aliphatic carbocycles. The van der Waals surface area contributed by atoms with Crippen LogP contribution in [0.4, 0.5) is 0 Å². The number of nitrogens with one attached hydrogen (secondary N) is 1. The SMILES string of the molecule is COC(=O)C1=C(C)NC2=CC(C)(C)CC(=O)C2C1c1cc(OC)c(O)c(OC)c1. The van der Waals surface area contributed by atoms with Crippen molar-refractivity contribution in [2.24, 2.45) is 11.3 Å². The summed E-state index contributed by atoms with van der Waals surface area (Å²) in [5, 5.41) is 13.5. The smallest absolute Gasteiger partial charge is 0.336 e. The van der Waals surface area contributed by atoms with Crippen LogP contribution < -0.4 is 14.8 Å². The number of allylic oxidation sites excluding steroid dienone is 3. The van der Waals surface area contributed by atoms with Crippen molar-refractivity contribution in [3.05, 3.63) is 40.7 Å². The van der Waals surface area contributed by atoms with Crippen molar-refractivity contribution in [1.29, 1.82) is 0 Å². The fourth-order valence-corrected chi connectivity index (χ4v) is 4.30. The van der Waals surface area contributed by atoms with Gasteiger partial charge in [-0.25, -0.2) is 4.79 Å². The standard InChI is InChI=1S/C22H27NO6/c1-11-17(21(26)29-6)18(12-7-15(27-4)20(25)16(8-12)28-5)19-13(23-11)9-22(2,3)10-14(19)24/h7-9,18-19,23,25H,10H2,1-6H3. The monoisotopic (exact) mass is 401 g/mol. The molecule has 1 aromatic rings. The van der Waals surface area contributed by atoms with Gasteiger partial charge in [0.25, 0.3) is 0 Å². The molecule has 0 saturated heterocycles. The number of carbonyl (C=O) groups is 2. The molecule has 3 rings (SSSR count). The second kappa shape index (κ2) is 7.46. The minimum atomic E-state index is -0.595. The third kappa shape index (κ3) is 3.57. The predicted molar refractivity (Wildman–Crippen MR) is 107 cm³/mol. The fourth-order valence-electron chi connectivity index (χ4n) is 4.30. The van der Waals surface area contributed by atoms with E-state index in [1.807, 2.05) is 13.8 Å². The largest absolute Gasteiger partial charge is 0.502 e. The molecule has 7 heteroatoms. The summed E-state index contributed by atoms with van der Waals surface area (Å²) < 4.78 is 15.6. The zero-order chi connectivity index (χ0) is 21.5. The molecule has 2 aliphatic rings. The minimum absolute atomic E-state index is 0.0323. The Morgan fingerprint density at radius 1 is 1.14 bits per heavy atom. The summed E-state index contributed by atoms with van der Waals surface area (Å²) in [6, 6.07) is 3.27. The van der Waals surface area contributed by atoms with Gasteiger partial charge >= 0.3 is 5.97 Å². The van der Waals surface area contributed by atoms with E-state index in [0.717, 1.165) is 5.70 Å². The van der Waals surface area contributed by atoms with Gasteiger partial charge in [-0.3, -0.25) is 4.79 Å². The Hall–Kier alpha value is -2.96. The number of benzene rings is 1. The average Bonchev–Trinajstić information content (AvgIpc) is 2.65. The summed E-state index contributed by atoms with van der Waals surface area (Å²) in [6.07, 6.45) is 2.41. The number of ether oxygens (including phenoxy) is 3. The third-order valence-corrected chi connectivity index (χ3v) is 5.50. The predicted octanol–water partition coefficient (Wildman–Crippen LogP) is 3.04. The van der Waals surface area contributed by atoms with Gasteiger partial charge in [-0.15, -0.1) is 0 Å². The normalized spacial score (nSPS) is 23.0. The van der Waals surface area contributed by atoms with Gasteiger partial charge in [0.05, 0.1) is 32.8 Å². The molecule has 0 fully saturated rings. The van der Waals surface area contributed by atoms with Crippen LogP contribution in [0.1, 0.15) is 38.7 Å². The average molecular weight is 401 g/mol. The molecule has 1 aliphatic heterocycles. The molecule has 1 heterocycles. The Morgan fingerprint density at radius 2 is 1.72 bits per heavy atom. The van der Waals surface area contributed by atoms with Crippen molar-refractivity contribution in [2.45, 2.75) is 33.1 Å². The lowest BCUT2D eigenvalue weighted by Crippen LogP contribution is -2.43. The molecule has 2 atom stereocenters. The molecule has 0 bridgehead atoms. The number of carbonyl (C=O) groups excluding carboxylic acids is 2. The lowest BCUT2D eigenvalue weighted by Gasteiger charge is -2.41. The number of aromatic hydroxyl groups is 1. The van der Waals surface area contributed by atoms with Crippen LogP contribution in [-0.2, 0) is 14.3 Å². The molecule has 0 radical (unpaired) electrons. The van der Waals surface area contributed by atoms with Gasteiger partial charge in [0, 0.05) is 23.7 Å². The molecule has 156 valence electrons. The Balaban J connectivity index is 2.28. The molecule has 0 saturated carbocycles. The minimum Gasteiger partial charge on any atom is -0.502 e. The number of hydrogen-bond donors (Lipinski definition) is 2. The van der Waals surface area contributed by atoms with Crippen LogP contribution in [0.15, 0.2) is 35.2 Å². The summed E-state index contributed by atoms with van der Waals surface area (Å²) in [6.45, 7) is 5.80. The molecule has 0 aromatic heterocycles. The van der Waals surface area contributed by atoms with E-state index in [9.17, 15) is 14.7 Å². The van der Waals surface area contributed by atoms with Crippen molar-refractivity contribution >= 4 is 11.8 Å². The third-order valence-electron chi connectivity index (χ3n) is 5.50. The quantitative estimate of drug-likeness (QED) is 0.749. The van der Waals surface area contributed by atoms with Crippen molar-refractivity contribution in [3.8, 4) is 17.2 Å². The van der Waals surface area contributed by atoms with Crippen molar-refractivity contribution in [1.82, 2.24) is 5.32 Å². The highest BCUT2D eigenvalue weighted by Gasteiger charge is 2.46. The number of phenols is 1. The van der Waals surface area contributed by atoms with Crippen molar-refractivity contribution < 1.29 is 28.9 Å². The maximum atomic E-state index is 13.2. The van der Waals surface area contributed by atoms with E-state index in [1.54, 1.807) is 19.1 Å². The van der Waals surface area contributed by atoms with Crippen LogP contribution in [0.5, 0.6) is 17.2 Å². The molecule has 2 unspecified atom stereocenters. The summed E-state index contributed by atoms with van der Waals surface area (Å²) in [5.41, 5.74) is 2.11. The topological polar surface area (TPSA) is 94.1 Å². The summed E-state index contributed by atoms with van der Waals surface area (Å²) in [4.78, 5) is 25.9. The maximum Gasteiger partial charge on any atom is 0.336 e. The Morgan fingerprint density at radius 3 is 2.24 bits per heavy atom. The van der Waals surface area contributed by atoms with Crippen LogP contribution in [0.2, 0.25) is 0 Å². The zero-order valence-electron chi connectivity index (χ0n) is 17.6. The molecule has 29 heavy (non-hydrogen) atoms. The maximum absolute atomic E-state index is 13.2. The summed E-state index contributed by atoms with van der Waals surface area (Å²) in [7, 11) is 4.18. The summed E-state index contributed by atoms with van der Waals surface area (Å²) >= 11 is 0. The number of rotatable bonds is 4. The second-order valence-electron chi connectivity index (χ2n) is 8.12. The van der Waals surface area contributed by atoms with Gasteiger partial charge < -0.3 is 24.6 Å². The number of phenolic OH excluding ortho intramolecular Hbond substituents is 1. The number of methoxy groups -OCH3 is 3. The molecule has 0 amide bonds. The number of fused-ring (bicyclic) bond motifs is 1. The van der Waals surface area contributed by atoms with Gasteiger partial charge in [-0.1, -0.05) is 19.9 Å². The second-order valence-corrected chi connectivity index (χ2v) is 8.12. The van der Waals surface area contributed by atoms with E-state index in [2.05, 4.69) is 11.4 Å². The first kappa shape index (κ1) is 20.8. The molecule has 2 N–H and O–H groups in total. The number of ketones is 1. The first-order valence-corrected chi connectivity index (χ1v) is 9.40. The van der Waals surface area contributed by atoms with Crippen molar-refractivity contribution in [3.63, 3.8) is 0 Å². The van der Waals surface area contributed by atoms with Gasteiger partial charge in [-0.2, -0.15) is 0 Å². The van der Waals surface area contributed by atoms with Crippen LogP contribution in [0.3, 0.4) is 0 Å². The Bertz CT molecular complexity index is 902. The van der Waals surface area contributed by atoms with Gasteiger partial charge in [0.15, 0.2) is 11.5 Å². The van der Waals surface area contributed by atoms with Gasteiger partial charge in [-0.05, 0) is 30.0 Å². The number of Topliss-reactive ketones (excluding diaryl/α,β-unsaturated/α-hetero) is 1. The van der Waals surface area contributed by atoms with Gasteiger partial charge in [0.1, 0.15) is 5.78 Å².